The number of amides is 2. The number of nitrogens with one attached hydrogen (secondary N) is 2. The van der Waals surface area contributed by atoms with Gasteiger partial charge in [0.25, 0.3) is 5.56 Å². The summed E-state index contributed by atoms with van der Waals surface area (Å²) < 4.78 is 11.3. The van der Waals surface area contributed by atoms with Gasteiger partial charge in [-0.2, -0.15) is 0 Å². The predicted octanol–water partition coefficient (Wildman–Crippen LogP) is 4.58. The number of hydrogen-bond donors (Lipinski definition) is 2. The summed E-state index contributed by atoms with van der Waals surface area (Å²) in [7, 11) is 0. The first kappa shape index (κ1) is 21.8. The summed E-state index contributed by atoms with van der Waals surface area (Å²) in [5.74, 6) is 1.23. The summed E-state index contributed by atoms with van der Waals surface area (Å²) in [5, 5.41) is 4.15. The molecule has 5 rings (SSSR count). The molecule has 1 aliphatic heterocycles. The first-order valence-electron chi connectivity index (χ1n) is 10.7. The summed E-state index contributed by atoms with van der Waals surface area (Å²) in [6.07, 6.45) is 3.36. The molecule has 8 nitrogen and oxygen atoms in total. The van der Waals surface area contributed by atoms with Crippen LogP contribution < -0.4 is 20.3 Å². The Morgan fingerprint density at radius 1 is 1.06 bits per heavy atom. The normalized spacial score (nSPS) is 12.4. The second-order valence-electron chi connectivity index (χ2n) is 7.86. The molecule has 3 heterocycles. The van der Waals surface area contributed by atoms with Gasteiger partial charge in [-0.3, -0.25) is 9.78 Å². The Morgan fingerprint density at radius 3 is 2.65 bits per heavy atom. The van der Waals surface area contributed by atoms with E-state index in [4.69, 9.17) is 21.1 Å². The van der Waals surface area contributed by atoms with Gasteiger partial charge >= 0.3 is 6.03 Å². The summed E-state index contributed by atoms with van der Waals surface area (Å²) in [6.45, 7) is 1.28. The van der Waals surface area contributed by atoms with Gasteiger partial charge in [-0.05, 0) is 42.0 Å². The lowest BCUT2D eigenvalue weighted by atomic mass is 10.1. The number of H-pyrrole nitrogens is 1. The number of hydrogen-bond acceptors (Lipinski definition) is 5. The summed E-state index contributed by atoms with van der Waals surface area (Å²) in [5.41, 5.74) is 2.19. The quantitative estimate of drug-likeness (QED) is 0.439. The molecule has 34 heavy (non-hydrogen) atoms. The van der Waals surface area contributed by atoms with E-state index in [1.807, 2.05) is 12.1 Å². The van der Waals surface area contributed by atoms with E-state index >= 15 is 0 Å². The van der Waals surface area contributed by atoms with Crippen molar-refractivity contribution in [1.29, 1.82) is 0 Å². The molecule has 2 N–H and O–H groups in total. The summed E-state index contributed by atoms with van der Waals surface area (Å²) in [6, 6.07) is 15.6. The van der Waals surface area contributed by atoms with Crippen molar-refractivity contribution in [2.24, 2.45) is 0 Å². The highest BCUT2D eigenvalue weighted by molar-refractivity contribution is 6.30. The van der Waals surface area contributed by atoms with Crippen molar-refractivity contribution in [1.82, 2.24) is 14.9 Å². The average Bonchev–Trinajstić information content (AvgIpc) is 2.83. The van der Waals surface area contributed by atoms with Crippen molar-refractivity contribution in [3.8, 4) is 11.5 Å². The second-order valence-corrected chi connectivity index (χ2v) is 8.30. The molecule has 0 radical (unpaired) electrons. The molecule has 0 saturated carbocycles. The molecule has 0 atom stereocenters. The zero-order chi connectivity index (χ0) is 23.5. The van der Waals surface area contributed by atoms with Gasteiger partial charge in [-0.15, -0.1) is 0 Å². The number of rotatable bonds is 5. The Labute approximate surface area is 200 Å². The molecule has 172 valence electrons. The molecule has 0 spiro atoms. The average molecular weight is 477 g/mol. The maximum absolute atomic E-state index is 13.2. The number of aromatic nitrogens is 2. The van der Waals surface area contributed by atoms with Crippen LogP contribution in [0, 0.1) is 0 Å². The van der Waals surface area contributed by atoms with Crippen molar-refractivity contribution in [3.63, 3.8) is 0 Å². The molecule has 0 saturated heterocycles. The zero-order valence-corrected chi connectivity index (χ0v) is 18.8. The first-order valence-corrected chi connectivity index (χ1v) is 11.1. The fraction of sp³-hybridized carbons (Fsp3) is 0.160. The van der Waals surface area contributed by atoms with Crippen LogP contribution >= 0.6 is 11.6 Å². The standard InChI is InChI=1S/C25H21ClN4O4/c26-19-4-1-5-20(11-19)28-25(32)30(14-16-3-2-6-27-13-16)15-18-9-17-10-22-23(34-8-7-33-22)12-21(17)29-24(18)31/h1-6,9-13H,7-8,14-15H2,(H,28,32)(H,29,31). The minimum atomic E-state index is -0.368. The van der Waals surface area contributed by atoms with Crippen molar-refractivity contribution in [2.45, 2.75) is 13.1 Å². The minimum absolute atomic E-state index is 0.0843. The number of fused-ring (bicyclic) bond motifs is 2. The molecule has 1 aliphatic rings. The van der Waals surface area contributed by atoms with Gasteiger partial charge in [0.05, 0.1) is 12.1 Å². The van der Waals surface area contributed by atoms with E-state index in [9.17, 15) is 9.59 Å². The molecular formula is C25H21ClN4O4. The Hall–Kier alpha value is -4.04. The molecule has 2 aromatic carbocycles. The van der Waals surface area contributed by atoms with Crippen LogP contribution in [0.15, 0.2) is 71.8 Å². The summed E-state index contributed by atoms with van der Waals surface area (Å²) in [4.78, 5) is 34.7. The number of anilines is 1. The van der Waals surface area contributed by atoms with Crippen LogP contribution in [0.2, 0.25) is 5.02 Å². The Balaban J connectivity index is 1.46. The van der Waals surface area contributed by atoms with E-state index < -0.39 is 0 Å². The maximum Gasteiger partial charge on any atom is 0.322 e. The monoisotopic (exact) mass is 476 g/mol. The number of carbonyl (C=O) groups is 1. The molecule has 0 fully saturated rings. The van der Waals surface area contributed by atoms with Crippen molar-refractivity contribution < 1.29 is 14.3 Å². The first-order chi connectivity index (χ1) is 16.5. The van der Waals surface area contributed by atoms with Crippen LogP contribution in [0.3, 0.4) is 0 Å². The molecular weight excluding hydrogens is 456 g/mol. The van der Waals surface area contributed by atoms with Gasteiger partial charge in [0.1, 0.15) is 13.2 Å². The zero-order valence-electron chi connectivity index (χ0n) is 18.1. The largest absolute Gasteiger partial charge is 0.486 e. The van der Waals surface area contributed by atoms with E-state index in [0.717, 1.165) is 10.9 Å². The van der Waals surface area contributed by atoms with Gasteiger partial charge in [-0.1, -0.05) is 23.7 Å². The molecule has 4 aromatic rings. The number of urea groups is 1. The third-order valence-corrected chi connectivity index (χ3v) is 5.64. The molecule has 0 bridgehead atoms. The van der Waals surface area contributed by atoms with Gasteiger partial charge in [0, 0.05) is 46.7 Å². The number of aromatic amines is 1. The Morgan fingerprint density at radius 2 is 1.88 bits per heavy atom. The van der Waals surface area contributed by atoms with Crippen LogP contribution in [0.1, 0.15) is 11.1 Å². The fourth-order valence-corrected chi connectivity index (χ4v) is 3.98. The van der Waals surface area contributed by atoms with E-state index in [-0.39, 0.29) is 24.7 Å². The van der Waals surface area contributed by atoms with Gasteiger partial charge < -0.3 is 24.7 Å². The predicted molar refractivity (Wildman–Crippen MR) is 130 cm³/mol. The van der Waals surface area contributed by atoms with Crippen molar-refractivity contribution >= 4 is 34.2 Å². The smallest absolute Gasteiger partial charge is 0.322 e. The highest BCUT2D eigenvalue weighted by Crippen LogP contribution is 2.33. The topological polar surface area (TPSA) is 96.6 Å². The number of pyridine rings is 2. The van der Waals surface area contributed by atoms with Gasteiger partial charge in [0.15, 0.2) is 11.5 Å². The fourth-order valence-electron chi connectivity index (χ4n) is 3.79. The molecule has 0 unspecified atom stereocenters. The molecule has 2 aromatic heterocycles. The highest BCUT2D eigenvalue weighted by Gasteiger charge is 2.19. The van der Waals surface area contributed by atoms with E-state index in [0.29, 0.717) is 46.5 Å². The van der Waals surface area contributed by atoms with Crippen molar-refractivity contribution in [2.75, 3.05) is 18.5 Å². The summed E-state index contributed by atoms with van der Waals surface area (Å²) >= 11 is 6.06. The highest BCUT2D eigenvalue weighted by atomic mass is 35.5. The number of ether oxygens (including phenoxy) is 2. The number of benzene rings is 2. The number of nitrogens with zero attached hydrogens (tertiary/aromatic N) is 2. The molecule has 9 heteroatoms. The SMILES string of the molecule is O=C(Nc1cccc(Cl)c1)N(Cc1cccnc1)Cc1cc2cc3c(cc2[nH]c1=O)OCCO3. The van der Waals surface area contributed by atoms with Gasteiger partial charge in [0.2, 0.25) is 0 Å². The third kappa shape index (κ3) is 4.82. The molecule has 0 aliphatic carbocycles. The van der Waals surface area contributed by atoms with Crippen LogP contribution in [0.5, 0.6) is 11.5 Å². The van der Waals surface area contributed by atoms with Gasteiger partial charge in [-0.25, -0.2) is 4.79 Å². The minimum Gasteiger partial charge on any atom is -0.486 e. The Kier molecular flexibility index (Phi) is 6.05. The van der Waals surface area contributed by atoms with Crippen LogP contribution in [-0.2, 0) is 13.1 Å². The maximum atomic E-state index is 13.2. The Bertz CT molecular complexity index is 1410. The van der Waals surface area contributed by atoms with Crippen LogP contribution in [0.25, 0.3) is 10.9 Å². The lowest BCUT2D eigenvalue weighted by molar-refractivity contribution is 0.172. The number of halogens is 1. The molecule has 2 amide bonds. The van der Waals surface area contributed by atoms with Crippen molar-refractivity contribution in [3.05, 3.63) is 93.5 Å². The van der Waals surface area contributed by atoms with E-state index in [2.05, 4.69) is 15.3 Å². The number of carbonyl (C=O) groups excluding carboxylic acids is 1. The van der Waals surface area contributed by atoms with E-state index in [1.165, 1.54) is 0 Å². The third-order valence-electron chi connectivity index (χ3n) is 5.40. The second kappa shape index (κ2) is 9.44. The van der Waals surface area contributed by atoms with E-state index in [1.54, 1.807) is 59.8 Å². The van der Waals surface area contributed by atoms with Crippen LogP contribution in [-0.4, -0.2) is 34.1 Å². The lowest BCUT2D eigenvalue weighted by Crippen LogP contribution is -2.35. The lowest BCUT2D eigenvalue weighted by Gasteiger charge is -2.23. The van der Waals surface area contributed by atoms with Crippen LogP contribution in [0.4, 0.5) is 10.5 Å².